The molecular weight excluding hydrogens is 346 g/mol. The van der Waals surface area contributed by atoms with Gasteiger partial charge in [0, 0.05) is 33.5 Å². The van der Waals surface area contributed by atoms with E-state index in [4.69, 9.17) is 4.74 Å². The first-order valence-electron chi connectivity index (χ1n) is 7.04. The molecule has 0 saturated heterocycles. The monoisotopic (exact) mass is 363 g/mol. The van der Waals surface area contributed by atoms with Crippen LogP contribution in [0.4, 0.5) is 5.69 Å². The Morgan fingerprint density at radius 3 is 2.95 bits per heavy atom. The van der Waals surface area contributed by atoms with E-state index in [1.54, 1.807) is 7.11 Å². The van der Waals surface area contributed by atoms with Crippen molar-refractivity contribution < 1.29 is 4.74 Å². The smallest absolute Gasteiger partial charge is 0.0744 e. The van der Waals surface area contributed by atoms with Crippen LogP contribution in [0.2, 0.25) is 0 Å². The highest BCUT2D eigenvalue weighted by molar-refractivity contribution is 9.10. The number of fused-ring (bicyclic) bond motifs is 1. The van der Waals surface area contributed by atoms with Crippen molar-refractivity contribution in [3.8, 4) is 0 Å². The molecule has 0 bridgehead atoms. The number of halogens is 1. The number of hydrogen-bond donors (Lipinski definition) is 1. The second-order valence-electron chi connectivity index (χ2n) is 5.07. The molecule has 3 rings (SSSR count). The van der Waals surface area contributed by atoms with E-state index >= 15 is 0 Å². The minimum Gasteiger partial charge on any atom is -0.380 e. The van der Waals surface area contributed by atoms with Crippen molar-refractivity contribution in [1.82, 2.24) is 0 Å². The molecule has 0 saturated carbocycles. The SMILES string of the molecule is COCc1c(Br)cccc1NC1CCSc2ccccc21. The number of rotatable bonds is 4. The van der Waals surface area contributed by atoms with E-state index in [0.29, 0.717) is 12.6 Å². The summed E-state index contributed by atoms with van der Waals surface area (Å²) in [6, 6.07) is 15.3. The van der Waals surface area contributed by atoms with Gasteiger partial charge >= 0.3 is 0 Å². The van der Waals surface area contributed by atoms with Gasteiger partial charge in [-0.15, -0.1) is 11.8 Å². The van der Waals surface area contributed by atoms with Gasteiger partial charge in [0.25, 0.3) is 0 Å². The van der Waals surface area contributed by atoms with Crippen molar-refractivity contribution in [2.24, 2.45) is 0 Å². The molecule has 1 atom stereocenters. The molecule has 0 aromatic heterocycles. The number of ether oxygens (including phenoxy) is 1. The van der Waals surface area contributed by atoms with Crippen LogP contribution in [0.5, 0.6) is 0 Å². The van der Waals surface area contributed by atoms with Crippen LogP contribution in [0, 0.1) is 0 Å². The second-order valence-corrected chi connectivity index (χ2v) is 7.06. The average Bonchev–Trinajstić information content (AvgIpc) is 2.51. The Kier molecular flexibility index (Phi) is 4.88. The summed E-state index contributed by atoms with van der Waals surface area (Å²) in [7, 11) is 1.73. The highest BCUT2D eigenvalue weighted by Gasteiger charge is 2.21. The predicted octanol–water partition coefficient (Wildman–Crippen LogP) is 5.24. The number of anilines is 1. The van der Waals surface area contributed by atoms with Crippen LogP contribution in [0.25, 0.3) is 0 Å². The fourth-order valence-corrected chi connectivity index (χ4v) is 4.27. The van der Waals surface area contributed by atoms with Crippen molar-refractivity contribution in [2.75, 3.05) is 18.2 Å². The first-order valence-corrected chi connectivity index (χ1v) is 8.82. The Balaban J connectivity index is 1.90. The Hall–Kier alpha value is -0.970. The average molecular weight is 364 g/mol. The minimum absolute atomic E-state index is 0.368. The van der Waals surface area contributed by atoms with Crippen molar-refractivity contribution >= 4 is 33.4 Å². The lowest BCUT2D eigenvalue weighted by Crippen LogP contribution is -2.17. The molecule has 2 aromatic rings. The number of thioether (sulfide) groups is 1. The van der Waals surface area contributed by atoms with Crippen LogP contribution in [0.3, 0.4) is 0 Å². The summed E-state index contributed by atoms with van der Waals surface area (Å²) in [5, 5.41) is 3.71. The number of nitrogens with one attached hydrogen (secondary N) is 1. The van der Waals surface area contributed by atoms with E-state index < -0.39 is 0 Å². The topological polar surface area (TPSA) is 21.3 Å². The summed E-state index contributed by atoms with van der Waals surface area (Å²) >= 11 is 5.57. The molecule has 1 aliphatic heterocycles. The molecule has 0 amide bonds. The Bertz CT molecular complexity index is 632. The fraction of sp³-hybridized carbons (Fsp3) is 0.294. The molecule has 0 radical (unpaired) electrons. The zero-order valence-corrected chi connectivity index (χ0v) is 14.3. The van der Waals surface area contributed by atoms with Gasteiger partial charge in [0.2, 0.25) is 0 Å². The van der Waals surface area contributed by atoms with Crippen LogP contribution in [-0.4, -0.2) is 12.9 Å². The fourth-order valence-electron chi connectivity index (χ4n) is 2.66. The van der Waals surface area contributed by atoms with Crippen LogP contribution in [0.1, 0.15) is 23.6 Å². The van der Waals surface area contributed by atoms with E-state index in [0.717, 1.165) is 22.3 Å². The van der Waals surface area contributed by atoms with Gasteiger partial charge in [-0.25, -0.2) is 0 Å². The molecule has 0 aliphatic carbocycles. The summed E-state index contributed by atoms with van der Waals surface area (Å²) in [6.07, 6.45) is 1.14. The molecule has 110 valence electrons. The second kappa shape index (κ2) is 6.86. The molecule has 0 spiro atoms. The van der Waals surface area contributed by atoms with Gasteiger partial charge in [-0.1, -0.05) is 40.2 Å². The van der Waals surface area contributed by atoms with Gasteiger partial charge in [-0.05, 0) is 30.2 Å². The maximum absolute atomic E-state index is 5.33. The molecule has 1 unspecified atom stereocenters. The summed E-state index contributed by atoms with van der Waals surface area (Å²) in [4.78, 5) is 1.39. The molecule has 0 fully saturated rings. The van der Waals surface area contributed by atoms with Crippen molar-refractivity contribution in [3.05, 3.63) is 58.1 Å². The van der Waals surface area contributed by atoms with Crippen LogP contribution < -0.4 is 5.32 Å². The molecule has 4 heteroatoms. The van der Waals surface area contributed by atoms with E-state index in [-0.39, 0.29) is 0 Å². The maximum atomic E-state index is 5.33. The quantitative estimate of drug-likeness (QED) is 0.801. The maximum Gasteiger partial charge on any atom is 0.0744 e. The van der Waals surface area contributed by atoms with Gasteiger partial charge < -0.3 is 10.1 Å². The van der Waals surface area contributed by atoms with Crippen molar-refractivity contribution in [3.63, 3.8) is 0 Å². The van der Waals surface area contributed by atoms with Crippen molar-refractivity contribution in [2.45, 2.75) is 24.0 Å². The van der Waals surface area contributed by atoms with Crippen LogP contribution in [-0.2, 0) is 11.3 Å². The molecule has 1 aliphatic rings. The van der Waals surface area contributed by atoms with E-state index in [1.165, 1.54) is 16.0 Å². The molecule has 2 aromatic carbocycles. The molecule has 21 heavy (non-hydrogen) atoms. The molecule has 1 N–H and O–H groups in total. The Labute approximate surface area is 138 Å². The third kappa shape index (κ3) is 3.28. The van der Waals surface area contributed by atoms with Gasteiger partial charge in [-0.2, -0.15) is 0 Å². The normalized spacial score (nSPS) is 17.3. The zero-order valence-electron chi connectivity index (χ0n) is 11.9. The molecule has 1 heterocycles. The third-order valence-corrected chi connectivity index (χ3v) is 5.56. The van der Waals surface area contributed by atoms with Gasteiger partial charge in [0.15, 0.2) is 0 Å². The molecular formula is C17H18BrNOS. The third-order valence-electron chi connectivity index (χ3n) is 3.70. The van der Waals surface area contributed by atoms with E-state index in [9.17, 15) is 0 Å². The highest BCUT2D eigenvalue weighted by atomic mass is 79.9. The first kappa shape index (κ1) is 14.9. The minimum atomic E-state index is 0.368. The Morgan fingerprint density at radius 1 is 1.24 bits per heavy atom. The first-order chi connectivity index (χ1) is 10.3. The zero-order chi connectivity index (χ0) is 14.7. The van der Waals surface area contributed by atoms with Gasteiger partial charge in [-0.3, -0.25) is 0 Å². The van der Waals surface area contributed by atoms with Crippen molar-refractivity contribution in [1.29, 1.82) is 0 Å². The highest BCUT2D eigenvalue weighted by Crippen LogP contribution is 2.38. The molecule has 2 nitrogen and oxygen atoms in total. The standard InChI is InChI=1S/C17H18BrNOS/c1-20-11-13-14(18)6-4-7-15(13)19-16-9-10-21-17-8-3-2-5-12(16)17/h2-8,16,19H,9-11H2,1H3. The number of hydrogen-bond acceptors (Lipinski definition) is 3. The van der Waals surface area contributed by atoms with E-state index in [1.807, 2.05) is 11.8 Å². The summed E-state index contributed by atoms with van der Waals surface area (Å²) < 4.78 is 6.42. The lowest BCUT2D eigenvalue weighted by atomic mass is 10.0. The predicted molar refractivity (Wildman–Crippen MR) is 93.0 cm³/mol. The number of methoxy groups -OCH3 is 1. The Morgan fingerprint density at radius 2 is 2.10 bits per heavy atom. The summed E-state index contributed by atoms with van der Waals surface area (Å²) in [5.74, 6) is 1.16. The summed E-state index contributed by atoms with van der Waals surface area (Å²) in [6.45, 7) is 0.604. The van der Waals surface area contributed by atoms with Crippen LogP contribution in [0.15, 0.2) is 51.8 Å². The van der Waals surface area contributed by atoms with Gasteiger partial charge in [0.05, 0.1) is 12.6 Å². The van der Waals surface area contributed by atoms with E-state index in [2.05, 4.69) is 63.7 Å². The lowest BCUT2D eigenvalue weighted by Gasteiger charge is -2.28. The van der Waals surface area contributed by atoms with Gasteiger partial charge in [0.1, 0.15) is 0 Å². The largest absolute Gasteiger partial charge is 0.380 e. The van der Waals surface area contributed by atoms with Crippen LogP contribution >= 0.6 is 27.7 Å². The lowest BCUT2D eigenvalue weighted by molar-refractivity contribution is 0.185. The number of benzene rings is 2. The summed E-state index contributed by atoms with van der Waals surface area (Å²) in [5.41, 5.74) is 3.73.